The van der Waals surface area contributed by atoms with Gasteiger partial charge in [-0.3, -0.25) is 9.59 Å². The van der Waals surface area contributed by atoms with Gasteiger partial charge in [-0.2, -0.15) is 0 Å². The molecule has 1 aliphatic carbocycles. The Labute approximate surface area is 165 Å². The SMILES string of the molecule is CC1=C(C(=O)Nc2c(F)cccc2F)C(c2cccs2)C2=C(CCCC2=O)N1. The zero-order valence-electron chi connectivity index (χ0n) is 15.1. The van der Waals surface area contributed by atoms with E-state index in [-0.39, 0.29) is 5.78 Å². The minimum absolute atomic E-state index is 0.00187. The molecule has 2 heterocycles. The van der Waals surface area contributed by atoms with Crippen LogP contribution < -0.4 is 10.6 Å². The lowest BCUT2D eigenvalue weighted by Gasteiger charge is -2.33. The van der Waals surface area contributed by atoms with Gasteiger partial charge in [-0.05, 0) is 43.3 Å². The number of hydrogen-bond donors (Lipinski definition) is 2. The van der Waals surface area contributed by atoms with E-state index in [1.807, 2.05) is 17.5 Å². The summed E-state index contributed by atoms with van der Waals surface area (Å²) < 4.78 is 28.1. The lowest BCUT2D eigenvalue weighted by molar-refractivity contribution is -0.116. The average molecular weight is 400 g/mol. The van der Waals surface area contributed by atoms with Crippen LogP contribution >= 0.6 is 11.3 Å². The molecule has 4 rings (SSSR count). The van der Waals surface area contributed by atoms with Crippen molar-refractivity contribution in [2.24, 2.45) is 0 Å². The Morgan fingerprint density at radius 3 is 2.61 bits per heavy atom. The third-order valence-corrected chi connectivity index (χ3v) is 5.99. The summed E-state index contributed by atoms with van der Waals surface area (Å²) in [7, 11) is 0. The summed E-state index contributed by atoms with van der Waals surface area (Å²) in [5.41, 5.74) is 1.81. The van der Waals surface area contributed by atoms with Crippen LogP contribution in [-0.4, -0.2) is 11.7 Å². The fourth-order valence-electron chi connectivity index (χ4n) is 3.82. The summed E-state index contributed by atoms with van der Waals surface area (Å²) >= 11 is 1.45. The summed E-state index contributed by atoms with van der Waals surface area (Å²) in [6, 6.07) is 7.13. The van der Waals surface area contributed by atoms with Gasteiger partial charge in [0.05, 0.1) is 5.92 Å². The Bertz CT molecular complexity index is 1000. The average Bonchev–Trinajstić information content (AvgIpc) is 3.18. The first-order chi connectivity index (χ1) is 13.5. The fraction of sp³-hybridized carbons (Fsp3) is 0.238. The predicted molar refractivity (Wildman–Crippen MR) is 104 cm³/mol. The molecule has 0 radical (unpaired) electrons. The van der Waals surface area contributed by atoms with E-state index in [2.05, 4.69) is 10.6 Å². The number of thiophene rings is 1. The number of rotatable bonds is 3. The first kappa shape index (κ1) is 18.6. The van der Waals surface area contributed by atoms with Gasteiger partial charge in [0.1, 0.15) is 17.3 Å². The molecule has 1 unspecified atom stereocenters. The van der Waals surface area contributed by atoms with Crippen molar-refractivity contribution in [3.63, 3.8) is 0 Å². The Hall–Kier alpha value is -2.80. The molecule has 2 N–H and O–H groups in total. The molecule has 7 heteroatoms. The van der Waals surface area contributed by atoms with Crippen molar-refractivity contribution in [3.8, 4) is 0 Å². The molecule has 1 atom stereocenters. The zero-order valence-corrected chi connectivity index (χ0v) is 16.0. The van der Waals surface area contributed by atoms with Gasteiger partial charge in [-0.25, -0.2) is 8.78 Å². The van der Waals surface area contributed by atoms with E-state index in [0.717, 1.165) is 35.5 Å². The number of hydrogen-bond acceptors (Lipinski definition) is 4. The molecule has 0 bridgehead atoms. The van der Waals surface area contributed by atoms with Gasteiger partial charge in [-0.15, -0.1) is 11.3 Å². The Morgan fingerprint density at radius 1 is 1.18 bits per heavy atom. The van der Waals surface area contributed by atoms with Crippen molar-refractivity contribution in [3.05, 3.63) is 74.8 Å². The number of amides is 1. The van der Waals surface area contributed by atoms with Crippen molar-refractivity contribution in [1.82, 2.24) is 5.32 Å². The molecular formula is C21H18F2N2O2S. The fourth-order valence-corrected chi connectivity index (χ4v) is 4.67. The first-order valence-electron chi connectivity index (χ1n) is 9.00. The number of carbonyl (C=O) groups excluding carboxylic acids is 2. The number of nitrogens with one attached hydrogen (secondary N) is 2. The number of anilines is 1. The van der Waals surface area contributed by atoms with Gasteiger partial charge in [0.2, 0.25) is 0 Å². The molecule has 2 aliphatic rings. The van der Waals surface area contributed by atoms with Crippen molar-refractivity contribution < 1.29 is 18.4 Å². The van der Waals surface area contributed by atoms with Gasteiger partial charge in [0.25, 0.3) is 5.91 Å². The zero-order chi connectivity index (χ0) is 19.8. The van der Waals surface area contributed by atoms with E-state index >= 15 is 0 Å². The van der Waals surface area contributed by atoms with Crippen LogP contribution in [0.15, 0.2) is 58.3 Å². The van der Waals surface area contributed by atoms with Gasteiger partial charge in [-0.1, -0.05) is 12.1 Å². The van der Waals surface area contributed by atoms with Gasteiger partial charge in [0.15, 0.2) is 5.78 Å². The van der Waals surface area contributed by atoms with Crippen LogP contribution in [0.1, 0.15) is 37.0 Å². The Morgan fingerprint density at radius 2 is 1.93 bits per heavy atom. The molecule has 0 spiro atoms. The first-order valence-corrected chi connectivity index (χ1v) is 9.88. The Kier molecular flexibility index (Phi) is 4.85. The molecule has 0 saturated heterocycles. The topological polar surface area (TPSA) is 58.2 Å². The maximum absolute atomic E-state index is 14.0. The van der Waals surface area contributed by atoms with Crippen molar-refractivity contribution in [2.75, 3.05) is 5.32 Å². The molecule has 2 aromatic rings. The number of halogens is 2. The van der Waals surface area contributed by atoms with Crippen molar-refractivity contribution >= 4 is 28.7 Å². The van der Waals surface area contributed by atoms with Crippen LogP contribution in [0.3, 0.4) is 0 Å². The van der Waals surface area contributed by atoms with Crippen LogP contribution in [-0.2, 0) is 9.59 Å². The molecule has 0 saturated carbocycles. The van der Waals surface area contributed by atoms with E-state index in [4.69, 9.17) is 0 Å². The summed E-state index contributed by atoms with van der Waals surface area (Å²) in [5.74, 6) is -2.87. The van der Waals surface area contributed by atoms with Gasteiger partial charge in [0, 0.05) is 33.8 Å². The highest BCUT2D eigenvalue weighted by Crippen LogP contribution is 2.43. The molecular weight excluding hydrogens is 382 g/mol. The van der Waals surface area contributed by atoms with E-state index in [0.29, 0.717) is 23.3 Å². The van der Waals surface area contributed by atoms with Crippen molar-refractivity contribution in [2.45, 2.75) is 32.1 Å². The number of dihydropyridines is 1. The lowest BCUT2D eigenvalue weighted by atomic mass is 9.77. The van der Waals surface area contributed by atoms with Crippen LogP contribution in [0.5, 0.6) is 0 Å². The number of carbonyl (C=O) groups is 2. The van der Waals surface area contributed by atoms with E-state index in [1.165, 1.54) is 17.4 Å². The quantitative estimate of drug-likeness (QED) is 0.790. The largest absolute Gasteiger partial charge is 0.362 e. The third kappa shape index (κ3) is 3.16. The van der Waals surface area contributed by atoms with E-state index in [9.17, 15) is 18.4 Å². The number of Topliss-reactive ketones (excluding diaryl/α,β-unsaturated/α-hetero) is 1. The molecule has 1 aliphatic heterocycles. The molecule has 144 valence electrons. The highest BCUT2D eigenvalue weighted by Gasteiger charge is 2.39. The summed E-state index contributed by atoms with van der Waals surface area (Å²) in [4.78, 5) is 26.7. The third-order valence-electron chi connectivity index (χ3n) is 5.05. The standard InChI is InChI=1S/C21H18F2N2O2S/c1-11-17(21(27)25-20-12(22)5-2-6-13(20)23)19(16-9-4-10-28-16)18-14(24-11)7-3-8-15(18)26/h2,4-6,9-10,19,24H,3,7-8H2,1H3,(H,25,27). The van der Waals surface area contributed by atoms with Crippen molar-refractivity contribution in [1.29, 1.82) is 0 Å². The number of ketones is 1. The summed E-state index contributed by atoms with van der Waals surface area (Å²) in [6.07, 6.45) is 1.92. The Balaban J connectivity index is 1.78. The van der Waals surface area contributed by atoms with E-state index < -0.39 is 29.1 Å². The van der Waals surface area contributed by atoms with Crippen LogP contribution in [0, 0.1) is 11.6 Å². The number of benzene rings is 1. The minimum Gasteiger partial charge on any atom is -0.362 e. The van der Waals surface area contributed by atoms with E-state index in [1.54, 1.807) is 6.92 Å². The van der Waals surface area contributed by atoms with Crippen LogP contribution in [0.4, 0.5) is 14.5 Å². The normalized spacial score (nSPS) is 19.4. The number of para-hydroxylation sites is 1. The van der Waals surface area contributed by atoms with Crippen LogP contribution in [0.25, 0.3) is 0 Å². The highest BCUT2D eigenvalue weighted by molar-refractivity contribution is 7.10. The molecule has 28 heavy (non-hydrogen) atoms. The molecule has 1 aromatic heterocycles. The lowest BCUT2D eigenvalue weighted by Crippen LogP contribution is -2.35. The van der Waals surface area contributed by atoms with Gasteiger partial charge < -0.3 is 10.6 Å². The molecule has 0 fully saturated rings. The predicted octanol–water partition coefficient (Wildman–Crippen LogP) is 4.63. The smallest absolute Gasteiger partial charge is 0.254 e. The maximum Gasteiger partial charge on any atom is 0.254 e. The molecule has 4 nitrogen and oxygen atoms in total. The maximum atomic E-state index is 14.0. The highest BCUT2D eigenvalue weighted by atomic mass is 32.1. The van der Waals surface area contributed by atoms with Gasteiger partial charge >= 0.3 is 0 Å². The molecule has 1 aromatic carbocycles. The molecule has 1 amide bonds. The number of allylic oxidation sites excluding steroid dienone is 3. The second-order valence-electron chi connectivity index (χ2n) is 6.83. The minimum atomic E-state index is -0.850. The second kappa shape index (κ2) is 7.31. The van der Waals surface area contributed by atoms with Crippen LogP contribution in [0.2, 0.25) is 0 Å². The summed E-state index contributed by atoms with van der Waals surface area (Å²) in [6.45, 7) is 1.75. The second-order valence-corrected chi connectivity index (χ2v) is 7.81. The monoisotopic (exact) mass is 400 g/mol. The summed E-state index contributed by atoms with van der Waals surface area (Å²) in [5, 5.41) is 7.43.